The summed E-state index contributed by atoms with van der Waals surface area (Å²) < 4.78 is 29.4. The topological polar surface area (TPSA) is 52.7 Å². The van der Waals surface area contributed by atoms with Crippen LogP contribution >= 0.6 is 0 Å². The monoisotopic (exact) mass is 303 g/mol. The van der Waals surface area contributed by atoms with Crippen molar-refractivity contribution in [1.82, 2.24) is 13.9 Å². The van der Waals surface area contributed by atoms with Crippen LogP contribution < -0.4 is 5.32 Å². The first-order chi connectivity index (χ1) is 9.66. The number of rotatable bonds is 5. The third-order valence-corrected chi connectivity index (χ3v) is 6.44. The highest BCUT2D eigenvalue weighted by atomic mass is 32.2. The molecule has 0 bridgehead atoms. The lowest BCUT2D eigenvalue weighted by molar-refractivity contribution is 0.241. The van der Waals surface area contributed by atoms with Crippen molar-refractivity contribution >= 4 is 10.2 Å². The zero-order valence-corrected chi connectivity index (χ0v) is 13.5. The second-order valence-corrected chi connectivity index (χ2v) is 7.79. The van der Waals surface area contributed by atoms with Crippen LogP contribution in [0.15, 0.2) is 0 Å². The van der Waals surface area contributed by atoms with Gasteiger partial charge in [0, 0.05) is 25.7 Å². The SMILES string of the molecule is CCCN(C1CCNCC1)S(=O)(=O)N1CCCCCC1. The van der Waals surface area contributed by atoms with Crippen LogP contribution in [0.25, 0.3) is 0 Å². The lowest BCUT2D eigenvalue weighted by Gasteiger charge is -2.36. The lowest BCUT2D eigenvalue weighted by atomic mass is 10.1. The summed E-state index contributed by atoms with van der Waals surface area (Å²) in [5, 5.41) is 3.32. The smallest absolute Gasteiger partial charge is 0.282 e. The molecule has 2 saturated heterocycles. The van der Waals surface area contributed by atoms with E-state index in [4.69, 9.17) is 0 Å². The number of piperidine rings is 1. The number of nitrogens with one attached hydrogen (secondary N) is 1. The third-order valence-electron chi connectivity index (χ3n) is 4.35. The van der Waals surface area contributed by atoms with Crippen LogP contribution in [-0.2, 0) is 10.2 Å². The van der Waals surface area contributed by atoms with Gasteiger partial charge in [0.2, 0.25) is 0 Å². The summed E-state index contributed by atoms with van der Waals surface area (Å²) in [6.45, 7) is 5.98. The van der Waals surface area contributed by atoms with Crippen molar-refractivity contribution in [3.63, 3.8) is 0 Å². The largest absolute Gasteiger partial charge is 0.317 e. The Hall–Kier alpha value is -0.170. The molecular weight excluding hydrogens is 274 g/mol. The molecule has 0 atom stereocenters. The van der Waals surface area contributed by atoms with E-state index >= 15 is 0 Å². The Bertz CT molecular complexity index is 372. The Labute approximate surface area is 123 Å². The van der Waals surface area contributed by atoms with Gasteiger partial charge in [-0.2, -0.15) is 17.0 Å². The molecule has 20 heavy (non-hydrogen) atoms. The Morgan fingerprint density at radius 2 is 1.70 bits per heavy atom. The van der Waals surface area contributed by atoms with Gasteiger partial charge >= 0.3 is 0 Å². The molecule has 0 aliphatic carbocycles. The second-order valence-electron chi connectivity index (χ2n) is 5.91. The Balaban J connectivity index is 2.12. The molecule has 2 heterocycles. The molecule has 2 aliphatic rings. The van der Waals surface area contributed by atoms with Gasteiger partial charge in [-0.15, -0.1) is 0 Å². The van der Waals surface area contributed by atoms with Crippen molar-refractivity contribution in [2.75, 3.05) is 32.7 Å². The van der Waals surface area contributed by atoms with E-state index in [1.54, 1.807) is 8.61 Å². The molecule has 5 nitrogen and oxygen atoms in total. The normalized spacial score (nSPS) is 23.9. The molecule has 0 spiro atoms. The number of nitrogens with zero attached hydrogens (tertiary/aromatic N) is 2. The molecule has 0 unspecified atom stereocenters. The summed E-state index contributed by atoms with van der Waals surface area (Å²) in [7, 11) is -3.27. The molecule has 0 radical (unpaired) electrons. The van der Waals surface area contributed by atoms with E-state index in [1.807, 2.05) is 0 Å². The molecule has 1 N–H and O–H groups in total. The Kier molecular flexibility index (Phi) is 6.26. The van der Waals surface area contributed by atoms with E-state index in [-0.39, 0.29) is 6.04 Å². The van der Waals surface area contributed by atoms with Gasteiger partial charge in [0.25, 0.3) is 10.2 Å². The first-order valence-electron chi connectivity index (χ1n) is 8.14. The van der Waals surface area contributed by atoms with E-state index in [9.17, 15) is 8.42 Å². The van der Waals surface area contributed by atoms with Crippen LogP contribution in [0.1, 0.15) is 51.9 Å². The van der Waals surface area contributed by atoms with Crippen LogP contribution in [0.3, 0.4) is 0 Å². The highest BCUT2D eigenvalue weighted by Gasteiger charge is 2.34. The summed E-state index contributed by atoms with van der Waals surface area (Å²) in [5.41, 5.74) is 0. The van der Waals surface area contributed by atoms with Gasteiger partial charge in [-0.05, 0) is 45.2 Å². The van der Waals surface area contributed by atoms with Crippen molar-refractivity contribution in [1.29, 1.82) is 0 Å². The fraction of sp³-hybridized carbons (Fsp3) is 1.00. The second kappa shape index (κ2) is 7.73. The predicted octanol–water partition coefficient (Wildman–Crippen LogP) is 1.57. The first kappa shape index (κ1) is 16.2. The maximum Gasteiger partial charge on any atom is 0.282 e. The van der Waals surface area contributed by atoms with E-state index in [0.29, 0.717) is 19.6 Å². The molecule has 0 saturated carbocycles. The average Bonchev–Trinajstić information content (AvgIpc) is 2.75. The van der Waals surface area contributed by atoms with Gasteiger partial charge in [-0.25, -0.2) is 0 Å². The molecule has 0 aromatic rings. The molecule has 118 valence electrons. The molecular formula is C14H29N3O2S. The summed E-state index contributed by atoms with van der Waals surface area (Å²) in [4.78, 5) is 0. The highest BCUT2D eigenvalue weighted by Crippen LogP contribution is 2.22. The molecule has 2 fully saturated rings. The van der Waals surface area contributed by atoms with Gasteiger partial charge in [0.05, 0.1) is 0 Å². The average molecular weight is 303 g/mol. The van der Waals surface area contributed by atoms with E-state index in [2.05, 4.69) is 12.2 Å². The third kappa shape index (κ3) is 3.93. The lowest BCUT2D eigenvalue weighted by Crippen LogP contribution is -2.52. The fourth-order valence-electron chi connectivity index (χ4n) is 3.22. The van der Waals surface area contributed by atoms with Crippen molar-refractivity contribution in [3.8, 4) is 0 Å². The van der Waals surface area contributed by atoms with E-state index in [0.717, 1.165) is 58.0 Å². The molecule has 0 aromatic heterocycles. The Morgan fingerprint density at radius 1 is 1.10 bits per heavy atom. The van der Waals surface area contributed by atoms with E-state index in [1.165, 1.54) is 0 Å². The molecule has 2 rings (SSSR count). The van der Waals surface area contributed by atoms with Crippen LogP contribution in [-0.4, -0.2) is 55.8 Å². The highest BCUT2D eigenvalue weighted by molar-refractivity contribution is 7.86. The van der Waals surface area contributed by atoms with Crippen molar-refractivity contribution in [2.24, 2.45) is 0 Å². The standard InChI is InChI=1S/C14H29N3O2S/c1-2-11-17(14-7-9-15-10-8-14)20(18,19)16-12-5-3-4-6-13-16/h14-15H,2-13H2,1H3. The van der Waals surface area contributed by atoms with Crippen LogP contribution in [0.4, 0.5) is 0 Å². The summed E-state index contributed by atoms with van der Waals surface area (Å²) in [6.07, 6.45) is 7.09. The summed E-state index contributed by atoms with van der Waals surface area (Å²) in [6, 6.07) is 0.185. The van der Waals surface area contributed by atoms with Crippen molar-refractivity contribution in [2.45, 2.75) is 57.9 Å². The van der Waals surface area contributed by atoms with Gasteiger partial charge in [0.15, 0.2) is 0 Å². The minimum Gasteiger partial charge on any atom is -0.317 e. The molecule has 2 aliphatic heterocycles. The maximum atomic E-state index is 13.0. The van der Waals surface area contributed by atoms with Crippen LogP contribution in [0, 0.1) is 0 Å². The molecule has 6 heteroatoms. The summed E-state index contributed by atoms with van der Waals surface area (Å²) >= 11 is 0. The van der Waals surface area contributed by atoms with Gasteiger partial charge in [0.1, 0.15) is 0 Å². The zero-order chi connectivity index (χ0) is 14.4. The van der Waals surface area contributed by atoms with Crippen molar-refractivity contribution in [3.05, 3.63) is 0 Å². The fourth-order valence-corrected chi connectivity index (χ4v) is 5.24. The quantitative estimate of drug-likeness (QED) is 0.839. The Morgan fingerprint density at radius 3 is 2.25 bits per heavy atom. The first-order valence-corrected chi connectivity index (χ1v) is 9.53. The molecule has 0 amide bonds. The van der Waals surface area contributed by atoms with Gasteiger partial charge in [-0.1, -0.05) is 19.8 Å². The number of hydrogen-bond acceptors (Lipinski definition) is 3. The van der Waals surface area contributed by atoms with E-state index < -0.39 is 10.2 Å². The molecule has 0 aromatic carbocycles. The minimum atomic E-state index is -3.27. The summed E-state index contributed by atoms with van der Waals surface area (Å²) in [5.74, 6) is 0. The maximum absolute atomic E-state index is 13.0. The van der Waals surface area contributed by atoms with Crippen LogP contribution in [0.5, 0.6) is 0 Å². The zero-order valence-electron chi connectivity index (χ0n) is 12.7. The van der Waals surface area contributed by atoms with Gasteiger partial charge in [-0.3, -0.25) is 0 Å². The van der Waals surface area contributed by atoms with Crippen molar-refractivity contribution < 1.29 is 8.42 Å². The number of hydrogen-bond donors (Lipinski definition) is 1. The van der Waals surface area contributed by atoms with Crippen LogP contribution in [0.2, 0.25) is 0 Å². The predicted molar refractivity (Wildman–Crippen MR) is 81.8 cm³/mol. The van der Waals surface area contributed by atoms with Gasteiger partial charge < -0.3 is 5.32 Å². The minimum absolute atomic E-state index is 0.185.